The molecule has 4 heteroatoms. The molecule has 0 saturated heterocycles. The zero-order valence-electron chi connectivity index (χ0n) is 27.1. The lowest BCUT2D eigenvalue weighted by atomic mass is 9.95. The molecule has 0 amide bonds. The van der Waals surface area contributed by atoms with Crippen molar-refractivity contribution in [3.8, 4) is 67.4 Å². The number of hydrogen-bond acceptors (Lipinski definition) is 4. The molecule has 0 radical (unpaired) electrons. The third-order valence-corrected chi connectivity index (χ3v) is 9.12. The molecule has 0 saturated carbocycles. The van der Waals surface area contributed by atoms with Crippen LogP contribution in [0.15, 0.2) is 182 Å². The quantitative estimate of drug-likeness (QED) is 0.170. The standard InChI is InChI=1S/C46H30N4/c1-4-13-31(14-5-1)37-28-42(33-16-6-2-7-17-33)48-43(29-37)38-25-36(35-20-12-24-47-30-35)26-39(27-38)46-49-41-23-22-32-15-10-11-21-40(32)44(41)45(50-46)34-18-8-3-9-19-34/h1-30H. The summed E-state index contributed by atoms with van der Waals surface area (Å²) >= 11 is 0. The van der Waals surface area contributed by atoms with Crippen LogP contribution in [0.4, 0.5) is 0 Å². The maximum absolute atomic E-state index is 5.34. The Bertz CT molecular complexity index is 2560. The van der Waals surface area contributed by atoms with Gasteiger partial charge in [-0.1, -0.05) is 127 Å². The molecule has 0 fully saturated rings. The highest BCUT2D eigenvalue weighted by Gasteiger charge is 2.17. The molecule has 4 nitrogen and oxygen atoms in total. The summed E-state index contributed by atoms with van der Waals surface area (Å²) in [6.45, 7) is 0. The summed E-state index contributed by atoms with van der Waals surface area (Å²) in [6, 6.07) is 58.9. The molecule has 50 heavy (non-hydrogen) atoms. The lowest BCUT2D eigenvalue weighted by Gasteiger charge is -2.15. The summed E-state index contributed by atoms with van der Waals surface area (Å²) < 4.78 is 0. The second-order valence-electron chi connectivity index (χ2n) is 12.3. The number of benzene rings is 6. The predicted molar refractivity (Wildman–Crippen MR) is 205 cm³/mol. The SMILES string of the molecule is c1ccc(-c2cc(-c3ccccc3)nc(-c3cc(-c4cccnc4)cc(-c4nc(-c5ccccc5)c5c(ccc6ccccc65)n4)c3)c2)cc1. The average molecular weight is 639 g/mol. The Morgan fingerprint density at radius 1 is 0.360 bits per heavy atom. The van der Waals surface area contributed by atoms with Crippen molar-refractivity contribution < 1.29 is 0 Å². The summed E-state index contributed by atoms with van der Waals surface area (Å²) in [4.78, 5) is 20.3. The molecule has 6 aromatic carbocycles. The van der Waals surface area contributed by atoms with E-state index in [-0.39, 0.29) is 0 Å². The van der Waals surface area contributed by atoms with Crippen molar-refractivity contribution in [1.29, 1.82) is 0 Å². The van der Waals surface area contributed by atoms with Crippen LogP contribution in [0.1, 0.15) is 0 Å². The van der Waals surface area contributed by atoms with Gasteiger partial charge in [0.15, 0.2) is 5.82 Å². The lowest BCUT2D eigenvalue weighted by molar-refractivity contribution is 1.23. The number of pyridine rings is 2. The van der Waals surface area contributed by atoms with Crippen molar-refractivity contribution in [2.75, 3.05) is 0 Å². The molecule has 0 aliphatic heterocycles. The average Bonchev–Trinajstić information content (AvgIpc) is 3.21. The fourth-order valence-corrected chi connectivity index (χ4v) is 6.67. The van der Waals surface area contributed by atoms with E-state index in [1.54, 1.807) is 6.20 Å². The van der Waals surface area contributed by atoms with Gasteiger partial charge in [-0.05, 0) is 69.9 Å². The van der Waals surface area contributed by atoms with E-state index >= 15 is 0 Å². The molecular formula is C46H30N4. The van der Waals surface area contributed by atoms with E-state index in [4.69, 9.17) is 15.0 Å². The summed E-state index contributed by atoms with van der Waals surface area (Å²) in [5.41, 5.74) is 11.8. The molecule has 9 aromatic rings. The summed E-state index contributed by atoms with van der Waals surface area (Å²) in [5, 5.41) is 3.34. The number of fused-ring (bicyclic) bond motifs is 3. The van der Waals surface area contributed by atoms with Gasteiger partial charge in [0.1, 0.15) is 0 Å². The van der Waals surface area contributed by atoms with Crippen LogP contribution in [0, 0.1) is 0 Å². The Labute approximate surface area is 290 Å². The Kier molecular flexibility index (Phi) is 7.45. The highest BCUT2D eigenvalue weighted by molar-refractivity contribution is 6.12. The number of aromatic nitrogens is 4. The number of hydrogen-bond donors (Lipinski definition) is 0. The van der Waals surface area contributed by atoms with E-state index in [9.17, 15) is 0 Å². The first-order valence-corrected chi connectivity index (χ1v) is 16.7. The van der Waals surface area contributed by atoms with Gasteiger partial charge in [0.05, 0.1) is 22.6 Å². The summed E-state index contributed by atoms with van der Waals surface area (Å²) in [5.74, 6) is 0.654. The molecule has 0 bridgehead atoms. The largest absolute Gasteiger partial charge is 0.264 e. The second-order valence-corrected chi connectivity index (χ2v) is 12.3. The zero-order valence-corrected chi connectivity index (χ0v) is 27.1. The molecule has 0 atom stereocenters. The maximum atomic E-state index is 5.34. The van der Waals surface area contributed by atoms with Gasteiger partial charge in [-0.2, -0.15) is 0 Å². The molecule has 234 valence electrons. The zero-order chi connectivity index (χ0) is 33.3. The van der Waals surface area contributed by atoms with Crippen LogP contribution in [0.2, 0.25) is 0 Å². The number of rotatable bonds is 6. The van der Waals surface area contributed by atoms with Crippen molar-refractivity contribution in [3.63, 3.8) is 0 Å². The third-order valence-electron chi connectivity index (χ3n) is 9.12. The van der Waals surface area contributed by atoms with Crippen LogP contribution in [0.5, 0.6) is 0 Å². The van der Waals surface area contributed by atoms with E-state index in [0.717, 1.165) is 83.3 Å². The lowest BCUT2D eigenvalue weighted by Crippen LogP contribution is -1.97. The predicted octanol–water partition coefficient (Wildman–Crippen LogP) is 11.6. The van der Waals surface area contributed by atoms with Gasteiger partial charge in [0.25, 0.3) is 0 Å². The van der Waals surface area contributed by atoms with Gasteiger partial charge >= 0.3 is 0 Å². The maximum Gasteiger partial charge on any atom is 0.160 e. The fourth-order valence-electron chi connectivity index (χ4n) is 6.67. The first kappa shape index (κ1) is 29.4. The molecule has 0 aliphatic rings. The molecule has 0 N–H and O–H groups in total. The molecule has 0 spiro atoms. The van der Waals surface area contributed by atoms with Crippen molar-refractivity contribution in [2.45, 2.75) is 0 Å². The first-order chi connectivity index (χ1) is 24.8. The Hall–Kier alpha value is -6.78. The van der Waals surface area contributed by atoms with E-state index < -0.39 is 0 Å². The summed E-state index contributed by atoms with van der Waals surface area (Å²) in [7, 11) is 0. The van der Waals surface area contributed by atoms with Crippen LogP contribution in [-0.4, -0.2) is 19.9 Å². The van der Waals surface area contributed by atoms with Crippen molar-refractivity contribution >= 4 is 21.7 Å². The highest BCUT2D eigenvalue weighted by atomic mass is 14.9. The van der Waals surface area contributed by atoms with Crippen LogP contribution in [0.25, 0.3) is 89.1 Å². The van der Waals surface area contributed by atoms with Crippen LogP contribution in [-0.2, 0) is 0 Å². The molecule has 3 aromatic heterocycles. The van der Waals surface area contributed by atoms with Gasteiger partial charge in [0, 0.05) is 45.6 Å². The topological polar surface area (TPSA) is 51.6 Å². The van der Waals surface area contributed by atoms with E-state index in [1.165, 1.54) is 0 Å². The third kappa shape index (κ3) is 5.59. The van der Waals surface area contributed by atoms with Crippen molar-refractivity contribution in [1.82, 2.24) is 19.9 Å². The van der Waals surface area contributed by atoms with Crippen LogP contribution >= 0.6 is 0 Å². The molecule has 0 unspecified atom stereocenters. The Morgan fingerprint density at radius 3 is 1.70 bits per heavy atom. The van der Waals surface area contributed by atoms with Crippen molar-refractivity contribution in [3.05, 3.63) is 182 Å². The molecular weight excluding hydrogens is 609 g/mol. The van der Waals surface area contributed by atoms with Crippen molar-refractivity contribution in [2.24, 2.45) is 0 Å². The Balaban J connectivity index is 1.30. The fraction of sp³-hybridized carbons (Fsp3) is 0. The Morgan fingerprint density at radius 2 is 0.960 bits per heavy atom. The van der Waals surface area contributed by atoms with E-state index in [1.807, 2.05) is 30.5 Å². The van der Waals surface area contributed by atoms with E-state index in [2.05, 4.69) is 151 Å². The minimum absolute atomic E-state index is 0.654. The van der Waals surface area contributed by atoms with Crippen LogP contribution < -0.4 is 0 Å². The van der Waals surface area contributed by atoms with Gasteiger partial charge in [-0.3, -0.25) is 4.98 Å². The minimum atomic E-state index is 0.654. The van der Waals surface area contributed by atoms with Crippen LogP contribution in [0.3, 0.4) is 0 Å². The van der Waals surface area contributed by atoms with Gasteiger partial charge < -0.3 is 0 Å². The van der Waals surface area contributed by atoms with Gasteiger partial charge in [0.2, 0.25) is 0 Å². The first-order valence-electron chi connectivity index (χ1n) is 16.7. The van der Waals surface area contributed by atoms with Gasteiger partial charge in [-0.15, -0.1) is 0 Å². The minimum Gasteiger partial charge on any atom is -0.264 e. The highest BCUT2D eigenvalue weighted by Crippen LogP contribution is 2.38. The number of nitrogens with zero attached hydrogens (tertiary/aromatic N) is 4. The monoisotopic (exact) mass is 638 g/mol. The second kappa shape index (κ2) is 12.7. The molecule has 0 aliphatic carbocycles. The normalized spacial score (nSPS) is 11.2. The summed E-state index contributed by atoms with van der Waals surface area (Å²) in [6.07, 6.45) is 3.70. The molecule has 9 rings (SSSR count). The van der Waals surface area contributed by atoms with E-state index in [0.29, 0.717) is 5.82 Å². The van der Waals surface area contributed by atoms with Gasteiger partial charge in [-0.25, -0.2) is 15.0 Å². The molecule has 3 heterocycles. The smallest absolute Gasteiger partial charge is 0.160 e.